The molecule has 0 aliphatic heterocycles. The maximum absolute atomic E-state index is 13.2. The number of sulfonamides is 1. The Bertz CT molecular complexity index is 1070. The molecule has 0 radical (unpaired) electrons. The smallest absolute Gasteiger partial charge is 0.335 e. The molecule has 1 aliphatic carbocycles. The second kappa shape index (κ2) is 9.67. The molecule has 3 rings (SSSR count). The van der Waals surface area contributed by atoms with E-state index in [1.165, 1.54) is 23.5 Å². The average Bonchev–Trinajstić information content (AvgIpc) is 3.13. The predicted octanol–water partition coefficient (Wildman–Crippen LogP) is 2.69. The van der Waals surface area contributed by atoms with Crippen LogP contribution in [0.4, 0.5) is 18.9 Å². The van der Waals surface area contributed by atoms with Crippen molar-refractivity contribution in [2.24, 2.45) is 0 Å². The van der Waals surface area contributed by atoms with Crippen molar-refractivity contribution >= 4 is 33.4 Å². The summed E-state index contributed by atoms with van der Waals surface area (Å²) in [4.78, 5) is 12.3. The number of carbonyl (C=O) groups excluding carboxylic acids is 1. The number of nitrogens with one attached hydrogen (secondary N) is 1. The highest BCUT2D eigenvalue weighted by molar-refractivity contribution is 7.99. The maximum atomic E-state index is 13.2. The van der Waals surface area contributed by atoms with Gasteiger partial charge in [-0.25, -0.2) is 13.1 Å². The number of nitrogens with two attached hydrogens (primary N) is 1. The number of alkyl halides is 3. The fraction of sp³-hybridized carbons (Fsp3) is 0.500. The molecule has 1 aromatic heterocycles. The van der Waals surface area contributed by atoms with Gasteiger partial charge in [0.05, 0.1) is 11.4 Å². The first-order chi connectivity index (χ1) is 15.0. The third kappa shape index (κ3) is 5.35. The Kier molecular flexibility index (Phi) is 7.35. The van der Waals surface area contributed by atoms with E-state index in [9.17, 15) is 26.4 Å². The quantitative estimate of drug-likeness (QED) is 0.450. The van der Waals surface area contributed by atoms with Crippen LogP contribution in [0, 0.1) is 0 Å². The van der Waals surface area contributed by atoms with Crippen molar-refractivity contribution in [3.05, 3.63) is 30.1 Å². The molecule has 0 saturated heterocycles. The summed E-state index contributed by atoms with van der Waals surface area (Å²) in [5.41, 5.74) is 0.0888. The van der Waals surface area contributed by atoms with E-state index in [0.717, 1.165) is 32.1 Å². The lowest BCUT2D eigenvalue weighted by Crippen LogP contribution is -2.38. The first-order valence-corrected chi connectivity index (χ1v) is 12.2. The van der Waals surface area contributed by atoms with Crippen LogP contribution >= 0.6 is 11.8 Å². The van der Waals surface area contributed by atoms with Crippen molar-refractivity contribution in [3.8, 4) is 0 Å². The number of aromatic nitrogens is 3. The van der Waals surface area contributed by atoms with E-state index >= 15 is 0 Å². The molecule has 9 nitrogen and oxygen atoms in total. The number of anilines is 1. The fourth-order valence-corrected chi connectivity index (χ4v) is 5.69. The summed E-state index contributed by atoms with van der Waals surface area (Å²) in [6.07, 6.45) is -0.221. The molecule has 176 valence electrons. The van der Waals surface area contributed by atoms with Crippen LogP contribution < -0.4 is 11.2 Å². The third-order valence-electron chi connectivity index (χ3n) is 5.16. The topological polar surface area (TPSA) is 123 Å². The van der Waals surface area contributed by atoms with Crippen LogP contribution in [-0.2, 0) is 21.0 Å². The zero-order valence-electron chi connectivity index (χ0n) is 17.2. The highest BCUT2D eigenvalue weighted by Crippen LogP contribution is 2.31. The number of amides is 1. The molecule has 3 N–H and O–H groups in total. The van der Waals surface area contributed by atoms with Crippen LogP contribution in [0.3, 0.4) is 0 Å². The molecule has 32 heavy (non-hydrogen) atoms. The highest BCUT2D eigenvalue weighted by atomic mass is 32.2. The summed E-state index contributed by atoms with van der Waals surface area (Å²) in [6.45, 7) is 0. The number of nitrogen functional groups attached to an aromatic ring is 1. The number of nitrogens with zero attached hydrogens (tertiary/aromatic N) is 4. The molecule has 1 fully saturated rings. The summed E-state index contributed by atoms with van der Waals surface area (Å²) in [7, 11) is -2.33. The lowest BCUT2D eigenvalue weighted by Gasteiger charge is -2.30. The zero-order valence-corrected chi connectivity index (χ0v) is 18.8. The molecule has 0 unspecified atom stereocenters. The minimum atomic E-state index is -4.78. The summed E-state index contributed by atoms with van der Waals surface area (Å²) >= 11 is 0.646. The molecule has 1 heterocycles. The molecule has 2 aromatic rings. The van der Waals surface area contributed by atoms with Crippen LogP contribution in [0.5, 0.6) is 0 Å². The van der Waals surface area contributed by atoms with Gasteiger partial charge in [0.2, 0.25) is 21.1 Å². The highest BCUT2D eigenvalue weighted by Gasteiger charge is 2.38. The first-order valence-electron chi connectivity index (χ1n) is 9.79. The van der Waals surface area contributed by atoms with Gasteiger partial charge in [0.15, 0.2) is 0 Å². The molecular weight excluding hydrogens is 469 g/mol. The molecule has 1 amide bonds. The number of hydrogen-bond donors (Lipinski definition) is 2. The van der Waals surface area contributed by atoms with E-state index in [-0.39, 0.29) is 32.2 Å². The number of carbonyl (C=O) groups is 1. The molecular formula is C18H23F3N6O3S2. The van der Waals surface area contributed by atoms with Crippen molar-refractivity contribution in [2.75, 3.05) is 24.0 Å². The fourth-order valence-electron chi connectivity index (χ4n) is 3.48. The molecule has 1 aromatic carbocycles. The lowest BCUT2D eigenvalue weighted by molar-refractivity contribution is -0.146. The van der Waals surface area contributed by atoms with Crippen LogP contribution in [0.25, 0.3) is 0 Å². The Morgan fingerprint density at radius 1 is 1.25 bits per heavy atom. The largest absolute Gasteiger partial charge is 0.453 e. The van der Waals surface area contributed by atoms with Crippen molar-refractivity contribution in [1.29, 1.82) is 0 Å². The van der Waals surface area contributed by atoms with Gasteiger partial charge in [0.25, 0.3) is 5.82 Å². The van der Waals surface area contributed by atoms with Crippen molar-refractivity contribution in [3.63, 3.8) is 0 Å². The second-order valence-corrected chi connectivity index (χ2v) is 10.2. The Hall–Kier alpha value is -2.32. The minimum Gasteiger partial charge on any atom is -0.335 e. The molecule has 0 bridgehead atoms. The van der Waals surface area contributed by atoms with Gasteiger partial charge in [-0.05, 0) is 25.0 Å². The maximum Gasteiger partial charge on any atom is 0.453 e. The van der Waals surface area contributed by atoms with Crippen molar-refractivity contribution < 1.29 is 26.4 Å². The van der Waals surface area contributed by atoms with Gasteiger partial charge in [0, 0.05) is 13.1 Å². The van der Waals surface area contributed by atoms with E-state index in [0.29, 0.717) is 11.8 Å². The third-order valence-corrected chi connectivity index (χ3v) is 8.07. The Labute approximate surface area is 187 Å². The molecule has 1 aliphatic rings. The van der Waals surface area contributed by atoms with Gasteiger partial charge < -0.3 is 11.2 Å². The van der Waals surface area contributed by atoms with Gasteiger partial charge in [0.1, 0.15) is 4.90 Å². The standard InChI is InChI=1S/C18H23F3N6O3S2/c1-26(12-7-3-2-4-8-12)32(29,30)14-10-6-5-9-13(14)23-15(28)11-31-17-25-24-16(27(17)22)18(19,20)21/h5-6,9-10,12H,2-4,7-8,11,22H2,1H3,(H,23,28). The van der Waals surface area contributed by atoms with Crippen molar-refractivity contribution in [1.82, 2.24) is 19.2 Å². The number of thioether (sulfide) groups is 1. The number of rotatable bonds is 7. The average molecular weight is 493 g/mol. The zero-order chi connectivity index (χ0) is 23.5. The van der Waals surface area contributed by atoms with Crippen LogP contribution in [0.15, 0.2) is 34.3 Å². The van der Waals surface area contributed by atoms with Gasteiger partial charge >= 0.3 is 6.18 Å². The normalized spacial score (nSPS) is 15.8. The van der Waals surface area contributed by atoms with E-state index in [1.54, 1.807) is 12.1 Å². The number of para-hydroxylation sites is 1. The number of hydrogen-bond acceptors (Lipinski definition) is 7. The van der Waals surface area contributed by atoms with E-state index in [2.05, 4.69) is 15.5 Å². The van der Waals surface area contributed by atoms with Gasteiger partial charge in [-0.15, -0.1) is 10.2 Å². The summed E-state index contributed by atoms with van der Waals surface area (Å²) in [5, 5.41) is 8.54. The molecule has 1 saturated carbocycles. The van der Waals surface area contributed by atoms with Gasteiger partial charge in [-0.3, -0.25) is 4.79 Å². The Morgan fingerprint density at radius 2 is 1.91 bits per heavy atom. The number of halogens is 3. The summed E-state index contributed by atoms with van der Waals surface area (Å²) in [6, 6.07) is 5.89. The lowest BCUT2D eigenvalue weighted by atomic mass is 9.96. The second-order valence-electron chi connectivity index (χ2n) is 7.32. The summed E-state index contributed by atoms with van der Waals surface area (Å²) in [5.74, 6) is 2.98. The Balaban J connectivity index is 1.71. The molecule has 14 heteroatoms. The SMILES string of the molecule is CN(C1CCCCC1)S(=O)(=O)c1ccccc1NC(=O)CSc1nnc(C(F)(F)F)n1N. The van der Waals surface area contributed by atoms with Gasteiger partial charge in [-0.1, -0.05) is 43.2 Å². The predicted molar refractivity (Wildman–Crippen MR) is 113 cm³/mol. The van der Waals surface area contributed by atoms with E-state index in [4.69, 9.17) is 5.84 Å². The Morgan fingerprint density at radius 3 is 2.53 bits per heavy atom. The number of benzene rings is 1. The van der Waals surface area contributed by atoms with E-state index < -0.39 is 27.9 Å². The van der Waals surface area contributed by atoms with Gasteiger partial charge in [-0.2, -0.15) is 17.5 Å². The minimum absolute atomic E-state index is 0.0484. The summed E-state index contributed by atoms with van der Waals surface area (Å²) < 4.78 is 66.2. The van der Waals surface area contributed by atoms with Crippen LogP contribution in [-0.4, -0.2) is 52.3 Å². The first kappa shape index (κ1) is 24.3. The van der Waals surface area contributed by atoms with E-state index in [1.807, 2.05) is 0 Å². The van der Waals surface area contributed by atoms with Crippen molar-refractivity contribution in [2.45, 2.75) is 54.4 Å². The monoisotopic (exact) mass is 492 g/mol. The molecule has 0 spiro atoms. The van der Waals surface area contributed by atoms with Crippen LogP contribution in [0.1, 0.15) is 37.9 Å². The molecule has 0 atom stereocenters. The van der Waals surface area contributed by atoms with Crippen LogP contribution in [0.2, 0.25) is 0 Å².